The van der Waals surface area contributed by atoms with Crippen molar-refractivity contribution in [1.82, 2.24) is 87.1 Å². The Kier molecular flexibility index (Phi) is 23.4. The average molecular weight is 1560 g/mol. The number of carboxylic acid groups (broad SMARTS) is 1. The molecule has 0 atom stereocenters. The summed E-state index contributed by atoms with van der Waals surface area (Å²) in [4.78, 5) is 79.3. The highest BCUT2D eigenvalue weighted by Gasteiger charge is 2.27. The number of hydrogen-bond donors (Lipinski definition) is 2. The maximum atomic E-state index is 12.8. The van der Waals surface area contributed by atoms with Crippen molar-refractivity contribution in [3.63, 3.8) is 0 Å². The van der Waals surface area contributed by atoms with E-state index in [0.29, 0.717) is 47.8 Å². The largest absolute Gasteiger partial charge is 0.477 e. The summed E-state index contributed by atoms with van der Waals surface area (Å²) in [6.45, 7) is 19.3. The van der Waals surface area contributed by atoms with Crippen LogP contribution in [0.25, 0.3) is 83.8 Å². The molecule has 3 aliphatic heterocycles. The van der Waals surface area contributed by atoms with E-state index in [2.05, 4.69) is 131 Å². The minimum atomic E-state index is -1.06. The minimum absolute atomic E-state index is 0.0652. The van der Waals surface area contributed by atoms with Crippen molar-refractivity contribution in [1.29, 1.82) is 0 Å². The smallest absolute Gasteiger partial charge is 0.343 e. The van der Waals surface area contributed by atoms with Gasteiger partial charge in [0, 0.05) is 208 Å². The van der Waals surface area contributed by atoms with Crippen LogP contribution in [0.1, 0.15) is 54.7 Å². The summed E-state index contributed by atoms with van der Waals surface area (Å²) >= 11 is 0. The lowest BCUT2D eigenvalue weighted by Crippen LogP contribution is -2.38. The summed E-state index contributed by atoms with van der Waals surface area (Å²) in [6.07, 6.45) is 16.1. The normalized spacial score (nSPS) is 14.3. The molecule has 3 N–H and O–H groups in total. The number of primary amides is 1. The first-order valence-corrected chi connectivity index (χ1v) is 39.1. The van der Waals surface area contributed by atoms with Crippen molar-refractivity contribution in [3.8, 4) is 33.8 Å². The molecule has 0 radical (unpaired) electrons. The van der Waals surface area contributed by atoms with Gasteiger partial charge in [-0.05, 0) is 60.0 Å². The molecule has 3 aliphatic rings. The van der Waals surface area contributed by atoms with Gasteiger partial charge in [0.05, 0.1) is 81.9 Å². The number of aromatic nitrogens is 15. The number of ether oxygens (including phenoxy) is 4. The standard InChI is InChI=1S/C30H33N7O3.C28H30N8O2.C28H29N7O3/c1-3-40-30(38)24-19-32-37-27(34(2)20-22-8-5-4-6-9-22)18-26(33-29(24)37)25-21-36(28-23(25)10-7-11-31-28)13-12-35-14-16-39-17-15-35;1-33(18-20-6-3-2-4-7-20)25-16-24(32-28-22(26(29)37)17-31-36(25)28)23-19-35(27-21(23)8-5-9-30-27)11-10-34-12-14-38-15-13-34;1-32(18-20-6-3-2-4-7-20)25-16-24(31-27-22(28(36)37)17-30-35(25)27)23-19-34(26-21(23)8-5-9-29-26)11-10-33-12-14-38-15-13-33/h4-11,18-19,21H,3,12-17,20H2,1-2H3;2-9,16-17,19H,10-15,18H2,1H3,(H2,29,37);2-9,16-17,19H,10-15,18H2,1H3,(H,36,37). The highest BCUT2D eigenvalue weighted by molar-refractivity contribution is 6.01. The van der Waals surface area contributed by atoms with E-state index in [-0.39, 0.29) is 17.7 Å². The van der Waals surface area contributed by atoms with Gasteiger partial charge < -0.3 is 58.2 Å². The van der Waals surface area contributed by atoms with Crippen molar-refractivity contribution >= 4 is 85.3 Å². The third kappa shape index (κ3) is 16.9. The van der Waals surface area contributed by atoms with Gasteiger partial charge in [0.2, 0.25) is 0 Å². The highest BCUT2D eigenvalue weighted by Crippen LogP contribution is 2.37. The van der Waals surface area contributed by atoms with Gasteiger partial charge in [-0.15, -0.1) is 0 Å². The first-order chi connectivity index (χ1) is 56.8. The number of anilines is 3. The molecule has 3 saturated heterocycles. The number of morpholine rings is 3. The summed E-state index contributed by atoms with van der Waals surface area (Å²) in [5.74, 6) is 0.316. The van der Waals surface area contributed by atoms with Gasteiger partial charge in [-0.3, -0.25) is 19.5 Å². The van der Waals surface area contributed by atoms with E-state index >= 15 is 0 Å². The number of esters is 1. The van der Waals surface area contributed by atoms with E-state index < -0.39 is 17.8 Å². The van der Waals surface area contributed by atoms with E-state index in [1.807, 2.05) is 131 Å². The molecule has 1 amide bonds. The van der Waals surface area contributed by atoms with Gasteiger partial charge in [-0.25, -0.2) is 39.5 Å². The topological polar surface area (TPSA) is 298 Å². The number of amides is 1. The Bertz CT molecular complexity index is 5700. The molecule has 15 aromatic rings. The molecular formula is C86H92N22O8. The van der Waals surface area contributed by atoms with Crippen molar-refractivity contribution in [2.45, 2.75) is 46.2 Å². The van der Waals surface area contributed by atoms with E-state index in [9.17, 15) is 19.5 Å². The van der Waals surface area contributed by atoms with Crippen LogP contribution in [0.4, 0.5) is 17.5 Å². The number of fused-ring (bicyclic) bond motifs is 6. The quantitative estimate of drug-likeness (QED) is 0.0503. The van der Waals surface area contributed by atoms with Crippen molar-refractivity contribution in [3.05, 3.63) is 235 Å². The lowest BCUT2D eigenvalue weighted by molar-refractivity contribution is 0.0365. The average Bonchev–Trinajstić information content (AvgIpc) is 1.60. The molecule has 0 aliphatic carbocycles. The predicted molar refractivity (Wildman–Crippen MR) is 444 cm³/mol. The van der Waals surface area contributed by atoms with Gasteiger partial charge in [0.15, 0.2) is 16.9 Å². The number of benzene rings is 3. The van der Waals surface area contributed by atoms with Crippen LogP contribution < -0.4 is 20.4 Å². The molecule has 3 aromatic carbocycles. The second-order valence-electron chi connectivity index (χ2n) is 29.0. The first kappa shape index (κ1) is 77.1. The fourth-order valence-electron chi connectivity index (χ4n) is 15.3. The first-order valence-electron chi connectivity index (χ1n) is 39.1. The zero-order valence-corrected chi connectivity index (χ0v) is 65.4. The lowest BCUT2D eigenvalue weighted by Gasteiger charge is -2.26. The molecule has 3 fully saturated rings. The van der Waals surface area contributed by atoms with Crippen LogP contribution in [-0.2, 0) is 58.2 Å². The third-order valence-corrected chi connectivity index (χ3v) is 21.3. The van der Waals surface area contributed by atoms with Gasteiger partial charge in [0.1, 0.15) is 51.1 Å². The maximum Gasteiger partial charge on any atom is 0.343 e. The SMILES string of the molecule is CCOC(=O)c1cnn2c(N(C)Cc3ccccc3)cc(-c3cn(CCN4CCOCC4)c4ncccc34)nc12.CN(Cc1ccccc1)c1cc(-c2cn(CCN3CCOCC3)c3ncccc23)nc2c(C(=O)O)cnn12.CN(Cc1ccccc1)c1cc(-c2cn(CCN3CCOCC3)c3ncccc23)nc2c(C(N)=O)cnn12. The maximum absolute atomic E-state index is 12.8. The van der Waals surface area contributed by atoms with Gasteiger partial charge in [-0.1, -0.05) is 91.0 Å². The van der Waals surface area contributed by atoms with Crippen LogP contribution in [0.15, 0.2) is 201 Å². The third-order valence-electron chi connectivity index (χ3n) is 21.3. The number of hydrogen-bond acceptors (Lipinski definition) is 22. The predicted octanol–water partition coefficient (Wildman–Crippen LogP) is 10.1. The Morgan fingerprint density at radius 1 is 0.422 bits per heavy atom. The van der Waals surface area contributed by atoms with Crippen molar-refractivity contribution in [2.24, 2.45) is 5.73 Å². The summed E-state index contributed by atoms with van der Waals surface area (Å²) < 4.78 is 33.4. The molecule has 15 heterocycles. The Balaban J connectivity index is 0.000000131. The highest BCUT2D eigenvalue weighted by atomic mass is 16.5. The number of pyridine rings is 3. The number of nitrogens with zero attached hydrogens (tertiary/aromatic N) is 21. The molecule has 30 nitrogen and oxygen atoms in total. The second-order valence-corrected chi connectivity index (χ2v) is 29.0. The fourth-order valence-corrected chi connectivity index (χ4v) is 15.3. The summed E-state index contributed by atoms with van der Waals surface area (Å²) in [6, 6.07) is 48.6. The molecule has 18 rings (SSSR count). The van der Waals surface area contributed by atoms with Crippen molar-refractivity contribution in [2.75, 3.05) is 141 Å². The minimum Gasteiger partial charge on any atom is -0.477 e. The molecular weight excluding hydrogens is 1470 g/mol. The summed E-state index contributed by atoms with van der Waals surface area (Å²) in [7, 11) is 6.00. The number of carbonyl (C=O) groups excluding carboxylic acids is 2. The Labute approximate surface area is 669 Å². The van der Waals surface area contributed by atoms with E-state index in [1.54, 1.807) is 26.7 Å². The lowest BCUT2D eigenvalue weighted by atomic mass is 10.1. The number of rotatable bonds is 25. The second kappa shape index (κ2) is 35.3. The summed E-state index contributed by atoms with van der Waals surface area (Å²) in [5, 5.41) is 26.2. The van der Waals surface area contributed by atoms with Crippen LogP contribution >= 0.6 is 0 Å². The van der Waals surface area contributed by atoms with E-state index in [1.165, 1.54) is 18.6 Å². The number of nitrogens with two attached hydrogens (primary N) is 1. The van der Waals surface area contributed by atoms with Gasteiger partial charge in [-0.2, -0.15) is 28.8 Å². The van der Waals surface area contributed by atoms with Crippen LogP contribution in [0.2, 0.25) is 0 Å². The molecule has 0 saturated carbocycles. The molecule has 0 spiro atoms. The van der Waals surface area contributed by atoms with Crippen molar-refractivity contribution < 1.29 is 38.4 Å². The molecule has 30 heteroatoms. The van der Waals surface area contributed by atoms with Gasteiger partial charge >= 0.3 is 11.9 Å². The molecule has 0 bridgehead atoms. The van der Waals surface area contributed by atoms with Crippen LogP contribution in [-0.4, -0.2) is 236 Å². The monoisotopic (exact) mass is 1560 g/mol. The zero-order valence-electron chi connectivity index (χ0n) is 65.4. The number of carbonyl (C=O) groups is 3. The molecule has 594 valence electrons. The van der Waals surface area contributed by atoms with Crippen LogP contribution in [0.3, 0.4) is 0 Å². The summed E-state index contributed by atoms with van der Waals surface area (Å²) in [5.41, 5.74) is 18.7. The van der Waals surface area contributed by atoms with Gasteiger partial charge in [0.25, 0.3) is 5.91 Å². The van der Waals surface area contributed by atoms with Crippen LogP contribution in [0.5, 0.6) is 0 Å². The Morgan fingerprint density at radius 3 is 1.07 bits per heavy atom. The zero-order chi connectivity index (χ0) is 79.6. The molecule has 116 heavy (non-hydrogen) atoms. The Hall–Kier alpha value is -12.8. The molecule has 12 aromatic heterocycles. The van der Waals surface area contributed by atoms with Crippen LogP contribution in [0, 0.1) is 0 Å². The van der Waals surface area contributed by atoms with E-state index in [4.69, 9.17) is 49.6 Å². The Morgan fingerprint density at radius 2 is 0.741 bits per heavy atom. The van der Waals surface area contributed by atoms with E-state index in [0.717, 1.165) is 214 Å². The fraction of sp³-hybridized carbons (Fsp3) is 0.302. The molecule has 0 unspecified atom stereocenters. The number of carboxylic acids is 1. The number of aromatic carboxylic acids is 1.